The second-order valence-electron chi connectivity index (χ2n) is 5.00. The van der Waals surface area contributed by atoms with Crippen LogP contribution < -0.4 is 10.1 Å². The number of aryl methyl sites for hydroxylation is 1. The lowest BCUT2D eigenvalue weighted by molar-refractivity contribution is 0.274. The first kappa shape index (κ1) is 13.4. The first-order valence-electron chi connectivity index (χ1n) is 6.58. The Balaban J connectivity index is 1.93. The highest BCUT2D eigenvalue weighted by atomic mass is 79.9. The van der Waals surface area contributed by atoms with Crippen LogP contribution in [0.5, 0.6) is 5.75 Å². The molecule has 1 aliphatic rings. The highest BCUT2D eigenvalue weighted by molar-refractivity contribution is 9.10. The van der Waals surface area contributed by atoms with Crippen molar-refractivity contribution < 1.29 is 9.13 Å². The number of halogens is 2. The fourth-order valence-electron chi connectivity index (χ4n) is 2.45. The minimum absolute atomic E-state index is 0.0625. The van der Waals surface area contributed by atoms with Crippen LogP contribution >= 0.6 is 15.9 Å². The molecule has 0 saturated heterocycles. The largest absolute Gasteiger partial charge is 0.493 e. The van der Waals surface area contributed by atoms with E-state index in [2.05, 4.69) is 21.2 Å². The number of anilines is 1. The smallest absolute Gasteiger partial charge is 0.146 e. The van der Waals surface area contributed by atoms with Gasteiger partial charge in [0.1, 0.15) is 11.6 Å². The van der Waals surface area contributed by atoms with E-state index in [1.165, 1.54) is 6.07 Å². The number of ether oxygens (including phenoxy) is 1. The predicted molar refractivity (Wildman–Crippen MR) is 81.8 cm³/mol. The summed E-state index contributed by atoms with van der Waals surface area (Å²) in [5.74, 6) is 0.642. The fourth-order valence-corrected chi connectivity index (χ4v) is 2.83. The Morgan fingerprint density at radius 3 is 2.95 bits per heavy atom. The third-order valence-electron chi connectivity index (χ3n) is 3.46. The van der Waals surface area contributed by atoms with Crippen LogP contribution in [-0.2, 0) is 0 Å². The standard InChI is InChI=1S/C16H15BrFNO/c1-10-2-4-13(18)15(8-10)19-14-6-7-20-16-5-3-11(17)9-12(14)16/h2-5,8-9,14,19H,6-7H2,1H3. The fraction of sp³-hybridized carbons (Fsp3) is 0.250. The summed E-state index contributed by atoms with van der Waals surface area (Å²) in [6.45, 7) is 2.60. The van der Waals surface area contributed by atoms with E-state index < -0.39 is 0 Å². The van der Waals surface area contributed by atoms with Crippen LogP contribution in [-0.4, -0.2) is 6.61 Å². The summed E-state index contributed by atoms with van der Waals surface area (Å²) in [5.41, 5.74) is 2.64. The average molecular weight is 336 g/mol. The number of benzene rings is 2. The number of fused-ring (bicyclic) bond motifs is 1. The van der Waals surface area contributed by atoms with E-state index in [1.807, 2.05) is 31.2 Å². The van der Waals surface area contributed by atoms with Gasteiger partial charge >= 0.3 is 0 Å². The molecule has 1 heterocycles. The van der Waals surface area contributed by atoms with Gasteiger partial charge in [0.15, 0.2) is 0 Å². The summed E-state index contributed by atoms with van der Waals surface area (Å²) < 4.78 is 20.5. The molecule has 2 aromatic rings. The summed E-state index contributed by atoms with van der Waals surface area (Å²) in [6, 6.07) is 11.1. The Hall–Kier alpha value is -1.55. The van der Waals surface area contributed by atoms with E-state index in [-0.39, 0.29) is 11.9 Å². The van der Waals surface area contributed by atoms with Crippen molar-refractivity contribution >= 4 is 21.6 Å². The molecular weight excluding hydrogens is 321 g/mol. The van der Waals surface area contributed by atoms with Crippen LogP contribution in [0.4, 0.5) is 10.1 Å². The summed E-state index contributed by atoms with van der Waals surface area (Å²) in [7, 11) is 0. The van der Waals surface area contributed by atoms with Crippen molar-refractivity contribution in [1.82, 2.24) is 0 Å². The minimum atomic E-state index is -0.223. The minimum Gasteiger partial charge on any atom is -0.493 e. The molecule has 0 aliphatic carbocycles. The normalized spacial score (nSPS) is 17.2. The Kier molecular flexibility index (Phi) is 3.66. The maximum absolute atomic E-state index is 13.9. The molecule has 1 atom stereocenters. The van der Waals surface area contributed by atoms with Crippen molar-refractivity contribution in [3.05, 3.63) is 57.8 Å². The lowest BCUT2D eigenvalue weighted by atomic mass is 10.00. The van der Waals surface area contributed by atoms with Gasteiger partial charge < -0.3 is 10.1 Å². The van der Waals surface area contributed by atoms with Crippen molar-refractivity contribution in [1.29, 1.82) is 0 Å². The Morgan fingerprint density at radius 1 is 1.25 bits per heavy atom. The molecule has 104 valence electrons. The summed E-state index contributed by atoms with van der Waals surface area (Å²) in [6.07, 6.45) is 0.816. The first-order chi connectivity index (χ1) is 9.63. The van der Waals surface area contributed by atoms with Crippen molar-refractivity contribution in [2.24, 2.45) is 0 Å². The van der Waals surface area contributed by atoms with Gasteiger partial charge in [0.2, 0.25) is 0 Å². The number of hydrogen-bond acceptors (Lipinski definition) is 2. The van der Waals surface area contributed by atoms with Gasteiger partial charge in [-0.25, -0.2) is 4.39 Å². The molecule has 0 radical (unpaired) electrons. The third kappa shape index (κ3) is 2.66. The monoisotopic (exact) mass is 335 g/mol. The molecule has 0 amide bonds. The van der Waals surface area contributed by atoms with Gasteiger partial charge in [0, 0.05) is 16.5 Å². The third-order valence-corrected chi connectivity index (χ3v) is 3.96. The van der Waals surface area contributed by atoms with E-state index in [4.69, 9.17) is 4.74 Å². The molecule has 0 saturated carbocycles. The molecule has 2 nitrogen and oxygen atoms in total. The Labute approximate surface area is 126 Å². The van der Waals surface area contributed by atoms with Crippen LogP contribution in [0.3, 0.4) is 0 Å². The molecule has 0 bridgehead atoms. The Bertz CT molecular complexity index is 644. The zero-order chi connectivity index (χ0) is 14.1. The molecule has 0 spiro atoms. The van der Waals surface area contributed by atoms with Gasteiger partial charge in [-0.2, -0.15) is 0 Å². The molecule has 1 N–H and O–H groups in total. The lowest BCUT2D eigenvalue weighted by Crippen LogP contribution is -2.20. The number of hydrogen-bond donors (Lipinski definition) is 1. The van der Waals surface area contributed by atoms with E-state index in [0.717, 1.165) is 27.8 Å². The van der Waals surface area contributed by atoms with E-state index in [9.17, 15) is 4.39 Å². The lowest BCUT2D eigenvalue weighted by Gasteiger charge is -2.28. The molecule has 3 rings (SSSR count). The highest BCUT2D eigenvalue weighted by Gasteiger charge is 2.22. The maximum Gasteiger partial charge on any atom is 0.146 e. The van der Waals surface area contributed by atoms with E-state index >= 15 is 0 Å². The van der Waals surface area contributed by atoms with Crippen LogP contribution in [0.1, 0.15) is 23.6 Å². The van der Waals surface area contributed by atoms with Crippen molar-refractivity contribution in [2.45, 2.75) is 19.4 Å². The summed E-state index contributed by atoms with van der Waals surface area (Å²) >= 11 is 3.47. The van der Waals surface area contributed by atoms with Gasteiger partial charge in [-0.15, -0.1) is 0 Å². The molecule has 1 unspecified atom stereocenters. The molecule has 4 heteroatoms. The van der Waals surface area contributed by atoms with Crippen LogP contribution in [0.25, 0.3) is 0 Å². The SMILES string of the molecule is Cc1ccc(F)c(NC2CCOc3ccc(Br)cc32)c1. The zero-order valence-corrected chi connectivity index (χ0v) is 12.7. The van der Waals surface area contributed by atoms with E-state index in [0.29, 0.717) is 12.3 Å². The summed E-state index contributed by atoms with van der Waals surface area (Å²) in [5, 5.41) is 3.30. The van der Waals surface area contributed by atoms with Crippen molar-refractivity contribution in [3.63, 3.8) is 0 Å². The second kappa shape index (κ2) is 5.44. The number of nitrogens with one attached hydrogen (secondary N) is 1. The van der Waals surface area contributed by atoms with E-state index in [1.54, 1.807) is 6.07 Å². The maximum atomic E-state index is 13.9. The van der Waals surface area contributed by atoms with Gasteiger partial charge in [-0.05, 0) is 42.8 Å². The van der Waals surface area contributed by atoms with Gasteiger partial charge in [-0.1, -0.05) is 22.0 Å². The predicted octanol–water partition coefficient (Wildman–Crippen LogP) is 4.83. The van der Waals surface area contributed by atoms with Crippen molar-refractivity contribution in [3.8, 4) is 5.75 Å². The molecular formula is C16H15BrFNO. The van der Waals surface area contributed by atoms with Crippen molar-refractivity contribution in [2.75, 3.05) is 11.9 Å². The van der Waals surface area contributed by atoms with Gasteiger partial charge in [-0.3, -0.25) is 0 Å². The first-order valence-corrected chi connectivity index (χ1v) is 7.38. The quantitative estimate of drug-likeness (QED) is 0.848. The topological polar surface area (TPSA) is 21.3 Å². The van der Waals surface area contributed by atoms with Crippen LogP contribution in [0.2, 0.25) is 0 Å². The summed E-state index contributed by atoms with van der Waals surface area (Å²) in [4.78, 5) is 0. The second-order valence-corrected chi connectivity index (χ2v) is 5.92. The molecule has 20 heavy (non-hydrogen) atoms. The molecule has 0 aromatic heterocycles. The molecule has 0 fully saturated rings. The van der Waals surface area contributed by atoms with Gasteiger partial charge in [0.25, 0.3) is 0 Å². The van der Waals surface area contributed by atoms with Crippen LogP contribution in [0.15, 0.2) is 40.9 Å². The Morgan fingerprint density at radius 2 is 2.10 bits per heavy atom. The van der Waals surface area contributed by atoms with Gasteiger partial charge in [0.05, 0.1) is 18.3 Å². The number of rotatable bonds is 2. The zero-order valence-electron chi connectivity index (χ0n) is 11.1. The van der Waals surface area contributed by atoms with Crippen LogP contribution in [0, 0.1) is 12.7 Å². The molecule has 2 aromatic carbocycles. The molecule has 1 aliphatic heterocycles. The average Bonchev–Trinajstić information content (AvgIpc) is 2.43. The highest BCUT2D eigenvalue weighted by Crippen LogP contribution is 2.36.